The van der Waals surface area contributed by atoms with E-state index in [2.05, 4.69) is 15.6 Å². The molecule has 1 aliphatic rings. The Bertz CT molecular complexity index is 1030. The average molecular weight is 406 g/mol. The third-order valence-corrected chi connectivity index (χ3v) is 4.80. The van der Waals surface area contributed by atoms with Gasteiger partial charge in [-0.1, -0.05) is 47.6 Å². The van der Waals surface area contributed by atoms with Crippen LogP contribution >= 0.6 is 0 Å². The molecule has 1 unspecified atom stereocenters. The normalized spacial score (nSPS) is 15.9. The highest BCUT2D eigenvalue weighted by molar-refractivity contribution is 5.96. The number of aromatic nitrogens is 2. The molecule has 30 heavy (non-hydrogen) atoms. The predicted molar refractivity (Wildman–Crippen MR) is 109 cm³/mol. The number of carbonyl (C=O) groups is 1. The number of nitrogens with zero attached hydrogens (tertiary/aromatic N) is 3. The second-order valence-corrected chi connectivity index (χ2v) is 6.82. The molecular formula is C22H22N4O4. The highest BCUT2D eigenvalue weighted by atomic mass is 16.6. The van der Waals surface area contributed by atoms with Crippen molar-refractivity contribution in [2.75, 3.05) is 14.2 Å². The smallest absolute Gasteiger partial charge is 0.258 e. The van der Waals surface area contributed by atoms with Crippen molar-refractivity contribution in [3.63, 3.8) is 0 Å². The summed E-state index contributed by atoms with van der Waals surface area (Å²) in [6.07, 6.45) is 2.20. The SMILES string of the molecule is COCc1nc(C2CC(NOC)=CN2C(=O)c2ccc(-c3ccccc3)cc2)no1. The fourth-order valence-corrected chi connectivity index (χ4v) is 3.40. The molecule has 1 atom stereocenters. The predicted octanol–water partition coefficient (Wildman–Crippen LogP) is 3.46. The zero-order chi connectivity index (χ0) is 20.9. The summed E-state index contributed by atoms with van der Waals surface area (Å²) in [7, 11) is 3.07. The first kappa shape index (κ1) is 19.8. The average Bonchev–Trinajstić information content (AvgIpc) is 3.42. The molecule has 154 valence electrons. The lowest BCUT2D eigenvalue weighted by atomic mass is 10.0. The van der Waals surface area contributed by atoms with E-state index in [1.165, 1.54) is 7.11 Å². The molecule has 1 amide bonds. The standard InChI is InChI=1S/C22H22N4O4/c1-28-14-20-23-21(25-30-20)19-12-18(24-29-2)13-26(19)22(27)17-10-8-16(9-11-17)15-6-4-3-5-7-15/h3-11,13,19,24H,12,14H2,1-2H3. The lowest BCUT2D eigenvalue weighted by Gasteiger charge is -2.21. The van der Waals surface area contributed by atoms with Crippen molar-refractivity contribution in [1.82, 2.24) is 20.5 Å². The Morgan fingerprint density at radius 2 is 1.87 bits per heavy atom. The van der Waals surface area contributed by atoms with Gasteiger partial charge in [-0.15, -0.1) is 0 Å². The number of ether oxygens (including phenoxy) is 1. The first-order valence-electron chi connectivity index (χ1n) is 9.49. The van der Waals surface area contributed by atoms with Crippen LogP contribution in [0.25, 0.3) is 11.1 Å². The van der Waals surface area contributed by atoms with Gasteiger partial charge in [-0.05, 0) is 23.3 Å². The molecule has 0 spiro atoms. The number of hydrogen-bond acceptors (Lipinski definition) is 7. The summed E-state index contributed by atoms with van der Waals surface area (Å²) >= 11 is 0. The molecule has 1 aromatic heterocycles. The Morgan fingerprint density at radius 3 is 2.57 bits per heavy atom. The lowest BCUT2D eigenvalue weighted by molar-refractivity contribution is 0.0777. The quantitative estimate of drug-likeness (QED) is 0.601. The first-order chi connectivity index (χ1) is 14.7. The number of methoxy groups -OCH3 is 1. The van der Waals surface area contributed by atoms with E-state index in [0.29, 0.717) is 23.7 Å². The number of hydrogen-bond donors (Lipinski definition) is 1. The number of rotatable bonds is 7. The van der Waals surface area contributed by atoms with Gasteiger partial charge >= 0.3 is 0 Å². The second kappa shape index (κ2) is 8.89. The fourth-order valence-electron chi connectivity index (χ4n) is 3.40. The molecule has 2 aromatic carbocycles. The Kier molecular flexibility index (Phi) is 5.87. The Balaban J connectivity index is 1.58. The zero-order valence-corrected chi connectivity index (χ0v) is 16.7. The number of benzene rings is 2. The van der Waals surface area contributed by atoms with Crippen LogP contribution in [0.4, 0.5) is 0 Å². The van der Waals surface area contributed by atoms with Gasteiger partial charge in [-0.3, -0.25) is 15.1 Å². The molecule has 1 aliphatic heterocycles. The lowest BCUT2D eigenvalue weighted by Crippen LogP contribution is -2.28. The van der Waals surface area contributed by atoms with Crippen LogP contribution < -0.4 is 5.48 Å². The van der Waals surface area contributed by atoms with E-state index in [0.717, 1.165) is 16.8 Å². The van der Waals surface area contributed by atoms with E-state index in [1.807, 2.05) is 54.6 Å². The highest BCUT2D eigenvalue weighted by Crippen LogP contribution is 2.33. The van der Waals surface area contributed by atoms with E-state index < -0.39 is 6.04 Å². The minimum atomic E-state index is -0.404. The summed E-state index contributed by atoms with van der Waals surface area (Å²) in [5.74, 6) is 0.617. The third-order valence-electron chi connectivity index (χ3n) is 4.80. The van der Waals surface area contributed by atoms with E-state index in [-0.39, 0.29) is 12.5 Å². The van der Waals surface area contributed by atoms with Crippen molar-refractivity contribution in [3.8, 4) is 11.1 Å². The van der Waals surface area contributed by atoms with E-state index in [4.69, 9.17) is 14.1 Å². The van der Waals surface area contributed by atoms with Gasteiger partial charge in [0.1, 0.15) is 12.6 Å². The molecule has 1 N–H and O–H groups in total. The van der Waals surface area contributed by atoms with Crippen LogP contribution in [0.1, 0.15) is 34.5 Å². The van der Waals surface area contributed by atoms with E-state index in [9.17, 15) is 4.79 Å². The second-order valence-electron chi connectivity index (χ2n) is 6.82. The van der Waals surface area contributed by atoms with Gasteiger partial charge in [0.05, 0.1) is 12.8 Å². The largest absolute Gasteiger partial charge is 0.375 e. The van der Waals surface area contributed by atoms with Gasteiger partial charge in [0.15, 0.2) is 5.82 Å². The fraction of sp³-hybridized carbons (Fsp3) is 0.227. The zero-order valence-electron chi connectivity index (χ0n) is 16.7. The maximum Gasteiger partial charge on any atom is 0.258 e. The molecular weight excluding hydrogens is 384 g/mol. The van der Waals surface area contributed by atoms with Crippen LogP contribution in [0.15, 0.2) is 71.0 Å². The van der Waals surface area contributed by atoms with Crippen LogP contribution in [-0.4, -0.2) is 35.2 Å². The van der Waals surface area contributed by atoms with Crippen LogP contribution in [-0.2, 0) is 16.2 Å². The number of hydroxylamine groups is 1. The topological polar surface area (TPSA) is 89.7 Å². The molecule has 0 bridgehead atoms. The summed E-state index contributed by atoms with van der Waals surface area (Å²) in [5.41, 5.74) is 6.25. The molecule has 0 saturated carbocycles. The molecule has 0 aliphatic carbocycles. The van der Waals surface area contributed by atoms with Gasteiger partial charge in [0.25, 0.3) is 11.8 Å². The van der Waals surface area contributed by atoms with Crippen LogP contribution in [0.3, 0.4) is 0 Å². The molecule has 8 heteroatoms. The van der Waals surface area contributed by atoms with Gasteiger partial charge < -0.3 is 14.2 Å². The van der Waals surface area contributed by atoms with Crippen molar-refractivity contribution >= 4 is 5.91 Å². The monoisotopic (exact) mass is 406 g/mol. The van der Waals surface area contributed by atoms with Crippen molar-refractivity contribution < 1.29 is 18.9 Å². The first-order valence-corrected chi connectivity index (χ1v) is 9.49. The van der Waals surface area contributed by atoms with Gasteiger partial charge in [0, 0.05) is 25.3 Å². The summed E-state index contributed by atoms with van der Waals surface area (Å²) in [5, 5.41) is 4.03. The van der Waals surface area contributed by atoms with Gasteiger partial charge in [-0.2, -0.15) is 4.98 Å². The minimum absolute atomic E-state index is 0.161. The Morgan fingerprint density at radius 1 is 1.13 bits per heavy atom. The van der Waals surface area contributed by atoms with Crippen LogP contribution in [0, 0.1) is 0 Å². The van der Waals surface area contributed by atoms with Gasteiger partial charge in [-0.25, -0.2) is 0 Å². The van der Waals surface area contributed by atoms with Crippen molar-refractivity contribution in [2.24, 2.45) is 0 Å². The Hall–Kier alpha value is -3.49. The highest BCUT2D eigenvalue weighted by Gasteiger charge is 2.34. The molecule has 4 rings (SSSR count). The minimum Gasteiger partial charge on any atom is -0.375 e. The van der Waals surface area contributed by atoms with Gasteiger partial charge in [0.2, 0.25) is 0 Å². The van der Waals surface area contributed by atoms with Crippen molar-refractivity contribution in [2.45, 2.75) is 19.1 Å². The van der Waals surface area contributed by atoms with Crippen LogP contribution in [0.2, 0.25) is 0 Å². The van der Waals surface area contributed by atoms with Crippen LogP contribution in [0.5, 0.6) is 0 Å². The molecule has 0 radical (unpaired) electrons. The third kappa shape index (κ3) is 4.10. The Labute approximate surface area is 174 Å². The summed E-state index contributed by atoms with van der Waals surface area (Å²) < 4.78 is 10.2. The molecule has 0 fully saturated rings. The summed E-state index contributed by atoms with van der Waals surface area (Å²) in [6, 6.07) is 17.1. The van der Waals surface area contributed by atoms with Crippen molar-refractivity contribution in [1.29, 1.82) is 0 Å². The maximum absolute atomic E-state index is 13.3. The summed E-state index contributed by atoms with van der Waals surface area (Å²) in [4.78, 5) is 24.2. The molecule has 2 heterocycles. The summed E-state index contributed by atoms with van der Waals surface area (Å²) in [6.45, 7) is 0.214. The van der Waals surface area contributed by atoms with E-state index in [1.54, 1.807) is 18.2 Å². The maximum atomic E-state index is 13.3. The number of carbonyl (C=O) groups excluding carboxylic acids is 1. The molecule has 0 saturated heterocycles. The number of nitrogens with one attached hydrogen (secondary N) is 1. The molecule has 8 nitrogen and oxygen atoms in total. The van der Waals surface area contributed by atoms with Crippen molar-refractivity contribution in [3.05, 3.63) is 83.8 Å². The van der Waals surface area contributed by atoms with E-state index >= 15 is 0 Å². The molecule has 3 aromatic rings. The number of amides is 1.